The van der Waals surface area contributed by atoms with E-state index in [0.717, 1.165) is 33.7 Å². The number of hydrogen-bond donors (Lipinski definition) is 1. The highest BCUT2D eigenvalue weighted by atomic mass is 35.5. The van der Waals surface area contributed by atoms with E-state index in [1.807, 2.05) is 54.1 Å². The van der Waals surface area contributed by atoms with Gasteiger partial charge in [0.15, 0.2) is 0 Å². The van der Waals surface area contributed by atoms with Gasteiger partial charge in [-0.3, -0.25) is 4.79 Å². The molecule has 4 rings (SSSR count). The number of aromatic nitrogens is 2. The van der Waals surface area contributed by atoms with Crippen LogP contribution in [-0.4, -0.2) is 27.7 Å². The minimum Gasteiger partial charge on any atom is -0.497 e. The number of imidazole rings is 1. The molecule has 0 fully saturated rings. The average molecular weight is 517 g/mol. The molecule has 0 aliphatic carbocycles. The van der Waals surface area contributed by atoms with E-state index in [2.05, 4.69) is 4.98 Å². The highest BCUT2D eigenvalue weighted by Gasteiger charge is 2.12. The van der Waals surface area contributed by atoms with Gasteiger partial charge < -0.3 is 23.9 Å². The van der Waals surface area contributed by atoms with Gasteiger partial charge in [-0.25, -0.2) is 4.98 Å². The molecule has 0 unspecified atom stereocenters. The molecule has 0 saturated carbocycles. The van der Waals surface area contributed by atoms with Crippen LogP contribution < -0.4 is 14.2 Å². The third-order valence-electron chi connectivity index (χ3n) is 5.50. The number of benzene rings is 3. The van der Waals surface area contributed by atoms with E-state index < -0.39 is 5.97 Å². The molecule has 0 bridgehead atoms. The van der Waals surface area contributed by atoms with Crippen LogP contribution in [0.4, 0.5) is 0 Å². The van der Waals surface area contributed by atoms with Gasteiger partial charge in [0.05, 0.1) is 18.1 Å². The van der Waals surface area contributed by atoms with Crippen LogP contribution in [0.2, 0.25) is 5.02 Å². The predicted octanol–water partition coefficient (Wildman–Crippen LogP) is 5.83. The van der Waals surface area contributed by atoms with Crippen molar-refractivity contribution in [3.63, 3.8) is 0 Å². The second kappa shape index (κ2) is 11.8. The first-order valence-electron chi connectivity index (χ1n) is 10.8. The highest BCUT2D eigenvalue weighted by Crippen LogP contribution is 2.28. The number of aryl methyl sites for hydroxylation is 2. The molecule has 184 valence electrons. The normalized spacial score (nSPS) is 10.6. The summed E-state index contributed by atoms with van der Waals surface area (Å²) in [5.74, 6) is 1.87. The van der Waals surface area contributed by atoms with Crippen molar-refractivity contribution in [1.82, 2.24) is 9.55 Å². The second-order valence-corrected chi connectivity index (χ2v) is 8.25. The predicted molar refractivity (Wildman–Crippen MR) is 137 cm³/mol. The molecule has 0 aliphatic heterocycles. The van der Waals surface area contributed by atoms with Crippen LogP contribution in [0.25, 0.3) is 11.0 Å². The molecule has 0 amide bonds. The first-order valence-corrected chi connectivity index (χ1v) is 11.1. The minimum atomic E-state index is -0.859. The van der Waals surface area contributed by atoms with Crippen molar-refractivity contribution < 1.29 is 24.1 Å². The Morgan fingerprint density at radius 2 is 1.74 bits per heavy atom. The van der Waals surface area contributed by atoms with Gasteiger partial charge in [0.25, 0.3) is 0 Å². The fraction of sp³-hybridized carbons (Fsp3) is 0.231. The van der Waals surface area contributed by atoms with E-state index in [1.165, 1.54) is 0 Å². The number of fused-ring (bicyclic) bond motifs is 1. The standard InChI is InChI=1S/C26H25ClN2O5.ClH/c1-29-23-13-20(32-2)10-11-22(23)28-25(29)16-33-21-9-5-18(6-12-26(30)31)24(14-21)34-15-17-3-7-19(27)8-4-17;/h3-5,7-11,13-14H,6,12,15-16H2,1-2H3,(H,30,31);1H. The molecule has 7 nitrogen and oxygen atoms in total. The van der Waals surface area contributed by atoms with Crippen LogP contribution >= 0.6 is 24.0 Å². The Hall–Kier alpha value is -3.42. The molecule has 0 spiro atoms. The van der Waals surface area contributed by atoms with Crippen LogP contribution in [-0.2, 0) is 31.5 Å². The molecule has 0 saturated heterocycles. The summed E-state index contributed by atoms with van der Waals surface area (Å²) in [5.41, 5.74) is 3.57. The average Bonchev–Trinajstić information content (AvgIpc) is 3.16. The second-order valence-electron chi connectivity index (χ2n) is 7.81. The summed E-state index contributed by atoms with van der Waals surface area (Å²) in [6, 6.07) is 18.6. The van der Waals surface area contributed by atoms with E-state index in [4.69, 9.17) is 30.9 Å². The zero-order valence-electron chi connectivity index (χ0n) is 19.4. The van der Waals surface area contributed by atoms with Crippen molar-refractivity contribution in [2.75, 3.05) is 7.11 Å². The molecular weight excluding hydrogens is 491 g/mol. The first kappa shape index (κ1) is 26.2. The van der Waals surface area contributed by atoms with Crippen molar-refractivity contribution in [1.29, 1.82) is 0 Å². The Kier molecular flexibility index (Phi) is 8.84. The summed E-state index contributed by atoms with van der Waals surface area (Å²) in [4.78, 5) is 15.7. The number of carboxylic acids is 1. The lowest BCUT2D eigenvalue weighted by Gasteiger charge is -2.14. The maximum absolute atomic E-state index is 11.1. The summed E-state index contributed by atoms with van der Waals surface area (Å²) in [7, 11) is 3.57. The summed E-state index contributed by atoms with van der Waals surface area (Å²) < 4.78 is 19.3. The first-order chi connectivity index (χ1) is 16.4. The van der Waals surface area contributed by atoms with Crippen LogP contribution in [0, 0.1) is 0 Å². The fourth-order valence-corrected chi connectivity index (χ4v) is 3.70. The van der Waals surface area contributed by atoms with Gasteiger partial charge in [-0.05, 0) is 47.9 Å². The zero-order valence-corrected chi connectivity index (χ0v) is 20.9. The van der Waals surface area contributed by atoms with Crippen molar-refractivity contribution in [3.05, 3.63) is 82.6 Å². The highest BCUT2D eigenvalue weighted by molar-refractivity contribution is 6.30. The lowest BCUT2D eigenvalue weighted by molar-refractivity contribution is -0.136. The molecule has 0 radical (unpaired) electrons. The maximum Gasteiger partial charge on any atom is 0.303 e. The number of carboxylic acid groups (broad SMARTS) is 1. The van der Waals surface area contributed by atoms with E-state index in [0.29, 0.717) is 29.5 Å². The number of rotatable bonds is 10. The lowest BCUT2D eigenvalue weighted by Crippen LogP contribution is -2.05. The number of methoxy groups -OCH3 is 1. The van der Waals surface area contributed by atoms with Crippen LogP contribution in [0.1, 0.15) is 23.4 Å². The number of aliphatic carboxylic acids is 1. The van der Waals surface area contributed by atoms with Crippen LogP contribution in [0.15, 0.2) is 60.7 Å². The number of nitrogens with zero attached hydrogens (tertiary/aromatic N) is 2. The van der Waals surface area contributed by atoms with Gasteiger partial charge in [-0.1, -0.05) is 29.8 Å². The van der Waals surface area contributed by atoms with E-state index >= 15 is 0 Å². The molecule has 1 aromatic heterocycles. The van der Waals surface area contributed by atoms with Crippen molar-refractivity contribution in [3.8, 4) is 17.2 Å². The molecule has 1 heterocycles. The van der Waals surface area contributed by atoms with Crippen molar-refractivity contribution >= 4 is 41.0 Å². The maximum atomic E-state index is 11.1. The van der Waals surface area contributed by atoms with Gasteiger partial charge in [0.1, 0.15) is 36.3 Å². The van der Waals surface area contributed by atoms with Gasteiger partial charge in [0, 0.05) is 30.6 Å². The molecule has 9 heteroatoms. The van der Waals surface area contributed by atoms with E-state index in [9.17, 15) is 4.79 Å². The summed E-state index contributed by atoms with van der Waals surface area (Å²) in [5, 5.41) is 9.74. The van der Waals surface area contributed by atoms with Gasteiger partial charge in [0.2, 0.25) is 0 Å². The smallest absolute Gasteiger partial charge is 0.303 e. The fourth-order valence-electron chi connectivity index (χ4n) is 3.57. The molecule has 0 atom stereocenters. The van der Waals surface area contributed by atoms with Gasteiger partial charge >= 0.3 is 5.97 Å². The third kappa shape index (κ3) is 6.59. The quantitative estimate of drug-likeness (QED) is 0.285. The molecule has 0 aliphatic rings. The molecule has 35 heavy (non-hydrogen) atoms. The van der Waals surface area contributed by atoms with Crippen LogP contribution in [0.5, 0.6) is 17.2 Å². The van der Waals surface area contributed by atoms with Gasteiger partial charge in [-0.2, -0.15) is 0 Å². The number of hydrogen-bond acceptors (Lipinski definition) is 5. The lowest BCUT2D eigenvalue weighted by atomic mass is 10.1. The summed E-state index contributed by atoms with van der Waals surface area (Å²) in [6.45, 7) is 0.589. The Labute approximate surface area is 214 Å². The van der Waals surface area contributed by atoms with E-state index in [-0.39, 0.29) is 25.4 Å². The number of carbonyl (C=O) groups is 1. The van der Waals surface area contributed by atoms with E-state index in [1.54, 1.807) is 25.3 Å². The van der Waals surface area contributed by atoms with Crippen molar-refractivity contribution in [2.24, 2.45) is 7.05 Å². The SMILES string of the molecule is COc1ccc2nc(COc3ccc(CCC(=O)O)c(OCc4ccc(Cl)cc4)c3)n(C)c2c1.Cl. The summed E-state index contributed by atoms with van der Waals surface area (Å²) >= 11 is 5.96. The Balaban J connectivity index is 0.00000342. The Morgan fingerprint density at radius 3 is 2.46 bits per heavy atom. The summed E-state index contributed by atoms with van der Waals surface area (Å²) in [6.07, 6.45) is 0.374. The topological polar surface area (TPSA) is 82.8 Å². The molecule has 1 N–H and O–H groups in total. The Morgan fingerprint density at radius 1 is 1.00 bits per heavy atom. The van der Waals surface area contributed by atoms with Crippen molar-refractivity contribution in [2.45, 2.75) is 26.1 Å². The molecular formula is C26H26Cl2N2O5. The molecule has 4 aromatic rings. The Bertz CT molecular complexity index is 1310. The molecule has 3 aromatic carbocycles. The minimum absolute atomic E-state index is 0. The monoisotopic (exact) mass is 516 g/mol. The van der Waals surface area contributed by atoms with Crippen LogP contribution in [0.3, 0.4) is 0 Å². The van der Waals surface area contributed by atoms with Gasteiger partial charge in [-0.15, -0.1) is 12.4 Å². The zero-order chi connectivity index (χ0) is 24.1. The largest absolute Gasteiger partial charge is 0.497 e. The third-order valence-corrected chi connectivity index (χ3v) is 5.75. The number of ether oxygens (including phenoxy) is 3. The number of halogens is 2.